The molecule has 0 aliphatic carbocycles. The van der Waals surface area contributed by atoms with Gasteiger partial charge in [-0.3, -0.25) is 4.90 Å². The molecule has 1 aromatic carbocycles. The average Bonchev–Trinajstić information content (AvgIpc) is 3.28. The highest BCUT2D eigenvalue weighted by atomic mass is 16.3. The monoisotopic (exact) mass is 323 g/mol. The number of nitrogens with zero attached hydrogens (tertiary/aromatic N) is 3. The molecule has 1 fully saturated rings. The third-order valence-corrected chi connectivity index (χ3v) is 4.46. The number of hydrogen-bond donors (Lipinski definition) is 0. The van der Waals surface area contributed by atoms with E-state index in [1.54, 1.807) is 12.5 Å². The summed E-state index contributed by atoms with van der Waals surface area (Å²) in [6.45, 7) is 7.02. The van der Waals surface area contributed by atoms with Gasteiger partial charge in [0, 0.05) is 37.4 Å². The van der Waals surface area contributed by atoms with Crippen molar-refractivity contribution in [2.75, 3.05) is 31.1 Å². The van der Waals surface area contributed by atoms with Crippen LogP contribution < -0.4 is 4.90 Å². The molecule has 5 heteroatoms. The summed E-state index contributed by atoms with van der Waals surface area (Å²) < 4.78 is 11.0. The van der Waals surface area contributed by atoms with Crippen molar-refractivity contribution in [1.29, 1.82) is 0 Å². The van der Waals surface area contributed by atoms with Crippen molar-refractivity contribution >= 4 is 5.69 Å². The second kappa shape index (κ2) is 6.53. The minimum Gasteiger partial charge on any atom is -0.465 e. The maximum atomic E-state index is 5.68. The summed E-state index contributed by atoms with van der Waals surface area (Å²) in [4.78, 5) is 9.04. The molecule has 1 aliphatic rings. The van der Waals surface area contributed by atoms with E-state index in [4.69, 9.17) is 8.83 Å². The van der Waals surface area contributed by atoms with E-state index in [1.165, 1.54) is 5.69 Å². The number of rotatable bonds is 4. The van der Waals surface area contributed by atoms with Gasteiger partial charge in [-0.25, -0.2) is 4.98 Å². The fourth-order valence-electron chi connectivity index (χ4n) is 3.14. The molecule has 1 aliphatic heterocycles. The van der Waals surface area contributed by atoms with Gasteiger partial charge >= 0.3 is 0 Å². The fourth-order valence-corrected chi connectivity index (χ4v) is 3.14. The Labute approximate surface area is 141 Å². The quantitative estimate of drug-likeness (QED) is 0.734. The van der Waals surface area contributed by atoms with Crippen molar-refractivity contribution in [3.63, 3.8) is 0 Å². The maximum Gasteiger partial charge on any atom is 0.225 e. The lowest BCUT2D eigenvalue weighted by Crippen LogP contribution is -2.45. The van der Waals surface area contributed by atoms with Crippen molar-refractivity contribution in [2.45, 2.75) is 13.5 Å². The molecule has 1 saturated heterocycles. The Morgan fingerprint density at radius 1 is 1.00 bits per heavy atom. The van der Waals surface area contributed by atoms with Crippen LogP contribution in [0.1, 0.15) is 11.5 Å². The molecule has 24 heavy (non-hydrogen) atoms. The summed E-state index contributed by atoms with van der Waals surface area (Å²) in [5.41, 5.74) is 2.26. The van der Waals surface area contributed by atoms with Gasteiger partial charge in [0.15, 0.2) is 0 Å². The van der Waals surface area contributed by atoms with Gasteiger partial charge < -0.3 is 13.7 Å². The van der Waals surface area contributed by atoms with Gasteiger partial charge in [-0.2, -0.15) is 0 Å². The van der Waals surface area contributed by atoms with Crippen LogP contribution in [0.5, 0.6) is 0 Å². The highest BCUT2D eigenvalue weighted by Gasteiger charge is 2.18. The molecule has 0 atom stereocenters. The van der Waals surface area contributed by atoms with Gasteiger partial charge in [-0.05, 0) is 43.3 Å². The van der Waals surface area contributed by atoms with Gasteiger partial charge in [0.25, 0.3) is 0 Å². The van der Waals surface area contributed by atoms with Crippen molar-refractivity contribution in [1.82, 2.24) is 9.88 Å². The van der Waals surface area contributed by atoms with E-state index >= 15 is 0 Å². The van der Waals surface area contributed by atoms with Gasteiger partial charge in [-0.1, -0.05) is 0 Å². The normalized spacial score (nSPS) is 15.8. The standard InChI is InChI=1S/C19H21N3O2/c1-15-2-7-18(24-15)14-21-9-11-22(12-10-21)17-5-3-16(4-6-17)19-20-8-13-23-19/h2-8,13H,9-12,14H2,1H3. The Morgan fingerprint density at radius 2 is 1.79 bits per heavy atom. The maximum absolute atomic E-state index is 5.68. The zero-order valence-corrected chi connectivity index (χ0v) is 13.8. The molecule has 0 unspecified atom stereocenters. The smallest absolute Gasteiger partial charge is 0.225 e. The Hall–Kier alpha value is -2.53. The number of hydrogen-bond acceptors (Lipinski definition) is 5. The van der Waals surface area contributed by atoms with Crippen LogP contribution in [0, 0.1) is 6.92 Å². The second-order valence-corrected chi connectivity index (χ2v) is 6.16. The predicted octanol–water partition coefficient (Wildman–Crippen LogP) is 3.57. The first kappa shape index (κ1) is 15.0. The third kappa shape index (κ3) is 3.21. The SMILES string of the molecule is Cc1ccc(CN2CCN(c3ccc(-c4ncco4)cc3)CC2)o1. The van der Waals surface area contributed by atoms with E-state index in [0.717, 1.165) is 49.8 Å². The van der Waals surface area contributed by atoms with Crippen LogP contribution in [0.25, 0.3) is 11.5 Å². The molecule has 0 radical (unpaired) electrons. The first-order valence-corrected chi connectivity index (χ1v) is 8.30. The molecular weight excluding hydrogens is 302 g/mol. The molecule has 2 aromatic heterocycles. The molecular formula is C19H21N3O2. The van der Waals surface area contributed by atoms with E-state index in [2.05, 4.69) is 45.1 Å². The molecule has 0 N–H and O–H groups in total. The molecule has 5 nitrogen and oxygen atoms in total. The van der Waals surface area contributed by atoms with E-state index < -0.39 is 0 Å². The van der Waals surface area contributed by atoms with Crippen LogP contribution in [-0.2, 0) is 6.54 Å². The molecule has 3 heterocycles. The second-order valence-electron chi connectivity index (χ2n) is 6.16. The summed E-state index contributed by atoms with van der Waals surface area (Å²) in [7, 11) is 0. The lowest BCUT2D eigenvalue weighted by Gasteiger charge is -2.35. The summed E-state index contributed by atoms with van der Waals surface area (Å²) in [5.74, 6) is 2.70. The summed E-state index contributed by atoms with van der Waals surface area (Å²) in [6, 6.07) is 12.5. The number of furan rings is 1. The van der Waals surface area contributed by atoms with Gasteiger partial charge in [0.2, 0.25) is 5.89 Å². The van der Waals surface area contributed by atoms with Crippen molar-refractivity contribution in [3.05, 3.63) is 60.4 Å². The number of piperazine rings is 1. The van der Waals surface area contributed by atoms with E-state index in [1.807, 2.05) is 13.0 Å². The lowest BCUT2D eigenvalue weighted by molar-refractivity contribution is 0.229. The van der Waals surface area contributed by atoms with Crippen LogP contribution in [0.2, 0.25) is 0 Å². The highest BCUT2D eigenvalue weighted by Crippen LogP contribution is 2.23. The van der Waals surface area contributed by atoms with Gasteiger partial charge in [-0.15, -0.1) is 0 Å². The molecule has 3 aromatic rings. The van der Waals surface area contributed by atoms with Crippen molar-refractivity contribution in [3.8, 4) is 11.5 Å². The first-order valence-electron chi connectivity index (χ1n) is 8.30. The minimum absolute atomic E-state index is 0.667. The van der Waals surface area contributed by atoms with Gasteiger partial charge in [0.1, 0.15) is 17.8 Å². The number of aryl methyl sites for hydroxylation is 1. The number of aromatic nitrogens is 1. The zero-order chi connectivity index (χ0) is 16.4. The average molecular weight is 323 g/mol. The molecule has 124 valence electrons. The first-order chi connectivity index (χ1) is 11.8. The number of oxazole rings is 1. The molecule has 0 spiro atoms. The zero-order valence-electron chi connectivity index (χ0n) is 13.8. The third-order valence-electron chi connectivity index (χ3n) is 4.46. The summed E-state index contributed by atoms with van der Waals surface area (Å²) in [6.07, 6.45) is 3.27. The van der Waals surface area contributed by atoms with Crippen molar-refractivity contribution < 1.29 is 8.83 Å². The minimum atomic E-state index is 0.667. The molecule has 0 amide bonds. The fraction of sp³-hybridized carbons (Fsp3) is 0.316. The van der Waals surface area contributed by atoms with Crippen LogP contribution >= 0.6 is 0 Å². The Kier molecular flexibility index (Phi) is 4.09. The van der Waals surface area contributed by atoms with E-state index in [9.17, 15) is 0 Å². The number of benzene rings is 1. The predicted molar refractivity (Wildman–Crippen MR) is 92.9 cm³/mol. The summed E-state index contributed by atoms with van der Waals surface area (Å²) >= 11 is 0. The van der Waals surface area contributed by atoms with Gasteiger partial charge in [0.05, 0.1) is 12.7 Å². The Bertz CT molecular complexity index is 769. The molecule has 0 bridgehead atoms. The Morgan fingerprint density at radius 3 is 2.42 bits per heavy atom. The van der Waals surface area contributed by atoms with Crippen LogP contribution in [0.4, 0.5) is 5.69 Å². The van der Waals surface area contributed by atoms with E-state index in [-0.39, 0.29) is 0 Å². The van der Waals surface area contributed by atoms with Crippen LogP contribution in [0.3, 0.4) is 0 Å². The summed E-state index contributed by atoms with van der Waals surface area (Å²) in [5, 5.41) is 0. The van der Waals surface area contributed by atoms with Crippen LogP contribution in [0.15, 0.2) is 57.7 Å². The Balaban J connectivity index is 1.35. The molecule has 0 saturated carbocycles. The van der Waals surface area contributed by atoms with Crippen LogP contribution in [-0.4, -0.2) is 36.1 Å². The lowest BCUT2D eigenvalue weighted by atomic mass is 10.1. The van der Waals surface area contributed by atoms with Crippen molar-refractivity contribution in [2.24, 2.45) is 0 Å². The topological polar surface area (TPSA) is 45.7 Å². The largest absolute Gasteiger partial charge is 0.465 e. The van der Waals surface area contributed by atoms with E-state index in [0.29, 0.717) is 5.89 Å². The highest BCUT2D eigenvalue weighted by molar-refractivity contribution is 5.59. The number of anilines is 1. The molecule has 4 rings (SSSR count).